The summed E-state index contributed by atoms with van der Waals surface area (Å²) in [6.07, 6.45) is -3.97. The van der Waals surface area contributed by atoms with Gasteiger partial charge in [0.15, 0.2) is 23.0 Å². The Hall–Kier alpha value is -3.93. The minimum Gasteiger partial charge on any atom is -0.379 e. The average molecular weight is 581 g/mol. The second kappa shape index (κ2) is 10.2. The fourth-order valence-corrected chi connectivity index (χ4v) is 5.46. The van der Waals surface area contributed by atoms with Crippen molar-refractivity contribution in [2.45, 2.75) is 18.0 Å². The van der Waals surface area contributed by atoms with Gasteiger partial charge in [-0.1, -0.05) is 11.8 Å². The first kappa shape index (κ1) is 27.6. The smallest absolute Gasteiger partial charge is 0.379 e. The second-order valence-corrected chi connectivity index (χ2v) is 10.7. The fraction of sp³-hybridized carbons (Fsp3) is 0.231. The second-order valence-electron chi connectivity index (χ2n) is 8.77. The van der Waals surface area contributed by atoms with E-state index in [0.717, 1.165) is 13.1 Å². The van der Waals surface area contributed by atoms with Gasteiger partial charge in [0, 0.05) is 29.8 Å². The van der Waals surface area contributed by atoms with Crippen LogP contribution in [0.25, 0.3) is 16.9 Å². The van der Waals surface area contributed by atoms with Gasteiger partial charge in [-0.05, 0) is 43.3 Å². The van der Waals surface area contributed by atoms with Crippen LogP contribution in [0.4, 0.5) is 26.3 Å². The summed E-state index contributed by atoms with van der Waals surface area (Å²) in [5, 5.41) is 3.70. The summed E-state index contributed by atoms with van der Waals surface area (Å²) in [4.78, 5) is 4.03. The SMILES string of the molecule is Cc1c(F)cc(-c2cc(C(F)(F)F)n3ncc(C#Cc4ccc(S(=O)(=O)N5CCOCC5)cc4)c3n2)c(F)c1F. The number of hydrogen-bond acceptors (Lipinski definition) is 5. The molecule has 4 aromatic rings. The molecule has 0 radical (unpaired) electrons. The van der Waals surface area contributed by atoms with Crippen LogP contribution in [0.15, 0.2) is 47.5 Å². The standard InChI is InChI=1S/C26H18F6N4O3S/c1-15-20(27)12-19(24(29)23(15)28)21-13-22(26(30,31)32)36-25(34-21)17(14-33-36)5-2-16-3-6-18(7-4-16)40(37,38)35-8-10-39-11-9-35/h3-4,6-7,12-14H,8-11H2,1H3. The molecule has 0 N–H and O–H groups in total. The van der Waals surface area contributed by atoms with Crippen molar-refractivity contribution in [3.63, 3.8) is 0 Å². The molecule has 2 aromatic heterocycles. The van der Waals surface area contributed by atoms with E-state index in [1.807, 2.05) is 0 Å². The summed E-state index contributed by atoms with van der Waals surface area (Å²) in [6.45, 7) is 2.01. The minimum absolute atomic E-state index is 0.0386. The molecule has 14 heteroatoms. The van der Waals surface area contributed by atoms with Gasteiger partial charge in [-0.15, -0.1) is 0 Å². The lowest BCUT2D eigenvalue weighted by Gasteiger charge is -2.26. The van der Waals surface area contributed by atoms with Crippen LogP contribution in [-0.4, -0.2) is 53.6 Å². The van der Waals surface area contributed by atoms with Crippen molar-refractivity contribution >= 4 is 15.7 Å². The summed E-state index contributed by atoms with van der Waals surface area (Å²) in [7, 11) is -3.74. The quantitative estimate of drug-likeness (QED) is 0.202. The van der Waals surface area contributed by atoms with Crippen molar-refractivity contribution in [3.8, 4) is 23.1 Å². The number of halogens is 6. The van der Waals surface area contributed by atoms with Crippen LogP contribution in [0.2, 0.25) is 0 Å². The van der Waals surface area contributed by atoms with Gasteiger partial charge >= 0.3 is 6.18 Å². The van der Waals surface area contributed by atoms with Crippen LogP contribution in [0.5, 0.6) is 0 Å². The van der Waals surface area contributed by atoms with E-state index in [1.54, 1.807) is 0 Å². The van der Waals surface area contributed by atoms with Gasteiger partial charge < -0.3 is 4.74 Å². The van der Waals surface area contributed by atoms with E-state index < -0.39 is 61.8 Å². The van der Waals surface area contributed by atoms with Gasteiger partial charge in [0.1, 0.15) is 5.82 Å². The number of morpholine rings is 1. The summed E-state index contributed by atoms with van der Waals surface area (Å²) in [6, 6.07) is 6.58. The van der Waals surface area contributed by atoms with Gasteiger partial charge in [-0.2, -0.15) is 22.6 Å². The minimum atomic E-state index is -4.98. The predicted octanol–water partition coefficient (Wildman–Crippen LogP) is 4.56. The van der Waals surface area contributed by atoms with Crippen molar-refractivity contribution in [2.75, 3.05) is 26.3 Å². The molecule has 0 atom stereocenters. The van der Waals surface area contributed by atoms with Crippen molar-refractivity contribution < 1.29 is 39.5 Å². The summed E-state index contributed by atoms with van der Waals surface area (Å²) in [5.74, 6) is 1.08. The Morgan fingerprint density at radius 3 is 2.30 bits per heavy atom. The molecule has 40 heavy (non-hydrogen) atoms. The maximum absolute atomic E-state index is 14.6. The lowest BCUT2D eigenvalue weighted by atomic mass is 10.1. The number of aromatic nitrogens is 3. The van der Waals surface area contributed by atoms with Crippen molar-refractivity contribution in [3.05, 3.63) is 82.4 Å². The maximum atomic E-state index is 14.6. The molecule has 7 nitrogen and oxygen atoms in total. The Morgan fingerprint density at radius 2 is 1.65 bits per heavy atom. The molecule has 3 heterocycles. The Balaban J connectivity index is 1.55. The highest BCUT2D eigenvalue weighted by Gasteiger charge is 2.36. The first-order valence-electron chi connectivity index (χ1n) is 11.7. The van der Waals surface area contributed by atoms with Crippen LogP contribution in [0.1, 0.15) is 22.4 Å². The van der Waals surface area contributed by atoms with E-state index in [1.165, 1.54) is 28.6 Å². The zero-order valence-electron chi connectivity index (χ0n) is 20.6. The Labute approximate surface area is 224 Å². The third-order valence-corrected chi connectivity index (χ3v) is 8.14. The van der Waals surface area contributed by atoms with E-state index >= 15 is 0 Å². The van der Waals surface area contributed by atoms with Crippen LogP contribution >= 0.6 is 0 Å². The number of nitrogens with zero attached hydrogens (tertiary/aromatic N) is 4. The Morgan fingerprint density at radius 1 is 0.975 bits per heavy atom. The lowest BCUT2D eigenvalue weighted by molar-refractivity contribution is -0.142. The third-order valence-electron chi connectivity index (χ3n) is 6.23. The molecule has 1 aliphatic heterocycles. The molecule has 0 unspecified atom stereocenters. The number of hydrogen-bond donors (Lipinski definition) is 0. The molecule has 5 rings (SSSR count). The van der Waals surface area contributed by atoms with Crippen molar-refractivity contribution in [1.29, 1.82) is 0 Å². The third kappa shape index (κ3) is 5.03. The molecule has 0 saturated carbocycles. The predicted molar refractivity (Wildman–Crippen MR) is 130 cm³/mol. The Kier molecular flexibility index (Phi) is 7.07. The van der Waals surface area contributed by atoms with Gasteiger partial charge in [0.25, 0.3) is 0 Å². The zero-order valence-corrected chi connectivity index (χ0v) is 21.4. The number of fused-ring (bicyclic) bond motifs is 1. The summed E-state index contributed by atoms with van der Waals surface area (Å²) < 4.78 is 117. The molecule has 1 fully saturated rings. The normalized spacial score (nSPS) is 14.8. The van der Waals surface area contributed by atoms with Crippen molar-refractivity contribution in [1.82, 2.24) is 18.9 Å². The molecule has 1 saturated heterocycles. The van der Waals surface area contributed by atoms with Gasteiger partial charge in [0.05, 0.1) is 35.6 Å². The largest absolute Gasteiger partial charge is 0.433 e. The monoisotopic (exact) mass is 580 g/mol. The van der Waals surface area contributed by atoms with Crippen LogP contribution in [0, 0.1) is 36.2 Å². The molecule has 0 amide bonds. The highest BCUT2D eigenvalue weighted by molar-refractivity contribution is 7.89. The van der Waals surface area contributed by atoms with Crippen molar-refractivity contribution in [2.24, 2.45) is 0 Å². The van der Waals surface area contributed by atoms with E-state index in [4.69, 9.17) is 4.74 Å². The topological polar surface area (TPSA) is 76.8 Å². The molecular formula is C26H18F6N4O3S. The van der Waals surface area contributed by atoms with Crippen LogP contribution < -0.4 is 0 Å². The summed E-state index contributed by atoms with van der Waals surface area (Å²) in [5.41, 5.74) is -3.64. The molecule has 0 spiro atoms. The summed E-state index contributed by atoms with van der Waals surface area (Å²) >= 11 is 0. The van der Waals surface area contributed by atoms with Gasteiger partial charge in [-0.25, -0.2) is 31.1 Å². The average Bonchev–Trinajstić information content (AvgIpc) is 3.35. The lowest BCUT2D eigenvalue weighted by Crippen LogP contribution is -2.40. The van der Waals surface area contributed by atoms with Gasteiger partial charge in [-0.3, -0.25) is 0 Å². The maximum Gasteiger partial charge on any atom is 0.433 e. The fourth-order valence-electron chi connectivity index (χ4n) is 4.05. The molecule has 2 aromatic carbocycles. The first-order valence-corrected chi connectivity index (χ1v) is 13.1. The number of rotatable bonds is 3. The van der Waals surface area contributed by atoms with E-state index in [-0.39, 0.29) is 36.8 Å². The van der Waals surface area contributed by atoms with E-state index in [0.29, 0.717) is 22.2 Å². The Bertz CT molecular complexity index is 1790. The first-order chi connectivity index (χ1) is 18.9. The molecule has 0 bridgehead atoms. The molecule has 208 valence electrons. The number of benzene rings is 2. The zero-order chi connectivity index (χ0) is 28.8. The van der Waals surface area contributed by atoms with E-state index in [2.05, 4.69) is 21.9 Å². The molecule has 1 aliphatic rings. The number of alkyl halides is 3. The number of ether oxygens (including phenoxy) is 1. The van der Waals surface area contributed by atoms with Crippen LogP contribution in [0.3, 0.4) is 0 Å². The highest BCUT2D eigenvalue weighted by Crippen LogP contribution is 2.34. The molecular weight excluding hydrogens is 562 g/mol. The van der Waals surface area contributed by atoms with E-state index in [9.17, 15) is 34.8 Å². The van der Waals surface area contributed by atoms with Gasteiger partial charge in [0.2, 0.25) is 10.0 Å². The highest BCUT2D eigenvalue weighted by atomic mass is 32.2. The molecule has 0 aliphatic carbocycles. The van der Waals surface area contributed by atoms with Crippen LogP contribution in [-0.2, 0) is 20.9 Å². The number of sulfonamides is 1.